The number of carbonyl (C=O) groups is 1. The predicted octanol–water partition coefficient (Wildman–Crippen LogP) is 4.80. The fourth-order valence-corrected chi connectivity index (χ4v) is 4.23. The Balaban J connectivity index is 1.35. The summed E-state index contributed by atoms with van der Waals surface area (Å²) >= 11 is 0. The molecule has 3 heterocycles. The van der Waals surface area contributed by atoms with E-state index in [-0.39, 0.29) is 5.91 Å². The third kappa shape index (κ3) is 5.48. The number of aryl methyl sites for hydroxylation is 2. The topological polar surface area (TPSA) is 58.1 Å². The minimum absolute atomic E-state index is 0.130. The summed E-state index contributed by atoms with van der Waals surface area (Å²) in [6, 6.07) is 14.2. The summed E-state index contributed by atoms with van der Waals surface area (Å²) < 4.78 is 0. The third-order valence-corrected chi connectivity index (χ3v) is 6.10. The maximum atomic E-state index is 13.1. The van der Waals surface area contributed by atoms with Crippen LogP contribution in [0.2, 0.25) is 0 Å². The summed E-state index contributed by atoms with van der Waals surface area (Å²) in [6.07, 6.45) is 8.64. The molecule has 1 aromatic carbocycles. The number of hydrogen-bond acceptors (Lipinski definition) is 4. The second-order valence-corrected chi connectivity index (χ2v) is 8.48. The number of nitrogens with zero attached hydrogens (tertiary/aromatic N) is 3. The van der Waals surface area contributed by atoms with Crippen molar-refractivity contribution in [2.75, 3.05) is 18.4 Å². The van der Waals surface area contributed by atoms with Crippen LogP contribution in [-0.2, 0) is 13.0 Å². The van der Waals surface area contributed by atoms with Gasteiger partial charge in [0.05, 0.1) is 0 Å². The van der Waals surface area contributed by atoms with E-state index in [0.717, 1.165) is 60.4 Å². The maximum absolute atomic E-state index is 13.1. The van der Waals surface area contributed by atoms with Crippen molar-refractivity contribution in [2.45, 2.75) is 39.7 Å². The van der Waals surface area contributed by atoms with Gasteiger partial charge in [-0.25, -0.2) is 0 Å². The number of carbonyl (C=O) groups excluding carboxylic acids is 1. The number of hydrogen-bond donors (Lipinski definition) is 1. The Labute approximate surface area is 184 Å². The lowest BCUT2D eigenvalue weighted by molar-refractivity contribution is 0.0690. The summed E-state index contributed by atoms with van der Waals surface area (Å²) in [7, 11) is 0. The predicted molar refractivity (Wildman–Crippen MR) is 124 cm³/mol. The molecule has 0 radical (unpaired) electrons. The fourth-order valence-electron chi connectivity index (χ4n) is 4.23. The number of anilines is 1. The van der Waals surface area contributed by atoms with Gasteiger partial charge >= 0.3 is 0 Å². The van der Waals surface area contributed by atoms with Gasteiger partial charge in [0.15, 0.2) is 0 Å². The number of aromatic nitrogens is 2. The van der Waals surface area contributed by atoms with Crippen molar-refractivity contribution in [1.82, 2.24) is 14.9 Å². The van der Waals surface area contributed by atoms with Crippen LogP contribution in [0.25, 0.3) is 0 Å². The van der Waals surface area contributed by atoms with E-state index in [1.165, 1.54) is 5.56 Å². The Hall–Kier alpha value is -3.21. The van der Waals surface area contributed by atoms with Crippen LogP contribution < -0.4 is 5.32 Å². The molecule has 0 atom stereocenters. The Morgan fingerprint density at radius 1 is 1.00 bits per heavy atom. The lowest BCUT2D eigenvalue weighted by Gasteiger charge is -2.32. The molecule has 3 aromatic rings. The van der Waals surface area contributed by atoms with Gasteiger partial charge in [0, 0.05) is 55.2 Å². The van der Waals surface area contributed by atoms with Gasteiger partial charge in [-0.3, -0.25) is 14.8 Å². The number of benzene rings is 1. The molecule has 31 heavy (non-hydrogen) atoms. The van der Waals surface area contributed by atoms with Crippen LogP contribution >= 0.6 is 0 Å². The molecular formula is C26H30N4O. The van der Waals surface area contributed by atoms with Crippen molar-refractivity contribution in [1.29, 1.82) is 0 Å². The zero-order chi connectivity index (χ0) is 21.6. The number of nitrogens with one attached hydrogen (secondary N) is 1. The van der Waals surface area contributed by atoms with E-state index in [2.05, 4.69) is 34.3 Å². The summed E-state index contributed by atoms with van der Waals surface area (Å²) in [5.41, 5.74) is 6.48. The fraction of sp³-hybridized carbons (Fsp3) is 0.346. The highest BCUT2D eigenvalue weighted by molar-refractivity contribution is 5.95. The highest BCUT2D eigenvalue weighted by Gasteiger charge is 2.24. The van der Waals surface area contributed by atoms with Crippen LogP contribution in [-0.4, -0.2) is 33.9 Å². The molecule has 160 valence electrons. The largest absolute Gasteiger partial charge is 0.381 e. The Bertz CT molecular complexity index is 1030. The van der Waals surface area contributed by atoms with Crippen molar-refractivity contribution in [3.63, 3.8) is 0 Å². The molecule has 1 aliphatic heterocycles. The molecule has 0 unspecified atom stereocenters. The zero-order valence-electron chi connectivity index (χ0n) is 18.3. The Morgan fingerprint density at radius 3 is 2.48 bits per heavy atom. The Morgan fingerprint density at radius 2 is 1.74 bits per heavy atom. The van der Waals surface area contributed by atoms with Crippen LogP contribution in [0.5, 0.6) is 0 Å². The van der Waals surface area contributed by atoms with Gasteiger partial charge in [0.25, 0.3) is 5.91 Å². The van der Waals surface area contributed by atoms with Crippen LogP contribution in [0.4, 0.5) is 5.69 Å². The zero-order valence-corrected chi connectivity index (χ0v) is 18.3. The first kappa shape index (κ1) is 21.0. The average molecular weight is 415 g/mol. The standard InChI is InChI=1S/C26H30N4O/c1-19-3-4-24(17-25(19)29-18-22-5-10-27-11-6-22)26(31)30-13-8-21(9-14-30)16-23-7-12-28-20(2)15-23/h3-7,10-12,15,17,21,29H,8-9,13-14,16,18H2,1-2H3. The highest BCUT2D eigenvalue weighted by atomic mass is 16.2. The SMILES string of the molecule is Cc1cc(CC2CCN(C(=O)c3ccc(C)c(NCc4ccncc4)c3)CC2)ccn1. The van der Waals surface area contributed by atoms with Crippen LogP contribution in [0.15, 0.2) is 61.1 Å². The van der Waals surface area contributed by atoms with Crippen molar-refractivity contribution < 1.29 is 4.79 Å². The van der Waals surface area contributed by atoms with E-state index in [0.29, 0.717) is 12.5 Å². The molecule has 1 aliphatic rings. The molecule has 5 heteroatoms. The van der Waals surface area contributed by atoms with Crippen molar-refractivity contribution in [3.05, 3.63) is 89.0 Å². The van der Waals surface area contributed by atoms with E-state index < -0.39 is 0 Å². The quantitative estimate of drug-likeness (QED) is 0.629. The van der Waals surface area contributed by atoms with Gasteiger partial charge in [-0.15, -0.1) is 0 Å². The molecule has 5 nitrogen and oxygen atoms in total. The van der Waals surface area contributed by atoms with E-state index >= 15 is 0 Å². The van der Waals surface area contributed by atoms with Crippen molar-refractivity contribution in [3.8, 4) is 0 Å². The van der Waals surface area contributed by atoms with E-state index in [1.54, 1.807) is 12.4 Å². The van der Waals surface area contributed by atoms with Gasteiger partial charge in [0.2, 0.25) is 0 Å². The highest BCUT2D eigenvalue weighted by Crippen LogP contribution is 2.24. The molecule has 1 saturated heterocycles. The van der Waals surface area contributed by atoms with Gasteiger partial charge < -0.3 is 10.2 Å². The lowest BCUT2D eigenvalue weighted by Crippen LogP contribution is -2.39. The molecular weight excluding hydrogens is 384 g/mol. The second kappa shape index (κ2) is 9.73. The summed E-state index contributed by atoms with van der Waals surface area (Å²) in [5, 5.41) is 3.46. The van der Waals surface area contributed by atoms with Crippen molar-refractivity contribution in [2.24, 2.45) is 5.92 Å². The summed E-state index contributed by atoms with van der Waals surface area (Å²) in [4.78, 5) is 23.5. The minimum atomic E-state index is 0.130. The van der Waals surface area contributed by atoms with E-state index in [9.17, 15) is 4.79 Å². The monoisotopic (exact) mass is 414 g/mol. The van der Waals surface area contributed by atoms with Gasteiger partial charge in [-0.2, -0.15) is 0 Å². The second-order valence-electron chi connectivity index (χ2n) is 8.48. The van der Waals surface area contributed by atoms with Crippen LogP contribution in [0.3, 0.4) is 0 Å². The van der Waals surface area contributed by atoms with Gasteiger partial charge in [-0.1, -0.05) is 6.07 Å². The van der Waals surface area contributed by atoms with Crippen molar-refractivity contribution >= 4 is 11.6 Å². The van der Waals surface area contributed by atoms with Crippen LogP contribution in [0, 0.1) is 19.8 Å². The molecule has 0 spiro atoms. The molecule has 0 bridgehead atoms. The van der Waals surface area contributed by atoms with Crippen LogP contribution in [0.1, 0.15) is 45.6 Å². The minimum Gasteiger partial charge on any atom is -0.381 e. The molecule has 1 amide bonds. The van der Waals surface area contributed by atoms with Gasteiger partial charge in [0.1, 0.15) is 0 Å². The maximum Gasteiger partial charge on any atom is 0.253 e. The smallest absolute Gasteiger partial charge is 0.253 e. The summed E-state index contributed by atoms with van der Waals surface area (Å²) in [5.74, 6) is 0.756. The first-order valence-corrected chi connectivity index (χ1v) is 11.0. The first-order valence-electron chi connectivity index (χ1n) is 11.0. The molecule has 1 N–H and O–H groups in total. The number of likely N-dealkylation sites (tertiary alicyclic amines) is 1. The average Bonchev–Trinajstić information content (AvgIpc) is 2.79. The number of piperidine rings is 1. The van der Waals surface area contributed by atoms with E-state index in [4.69, 9.17) is 0 Å². The third-order valence-electron chi connectivity index (χ3n) is 6.10. The Kier molecular flexibility index (Phi) is 6.60. The molecule has 1 fully saturated rings. The number of rotatable bonds is 6. The van der Waals surface area contributed by atoms with E-state index in [1.807, 2.05) is 48.4 Å². The number of pyridine rings is 2. The lowest BCUT2D eigenvalue weighted by atomic mass is 9.90. The normalized spacial score (nSPS) is 14.5. The molecule has 4 rings (SSSR count). The first-order chi connectivity index (χ1) is 15.1. The number of amides is 1. The molecule has 0 aliphatic carbocycles. The summed E-state index contributed by atoms with van der Waals surface area (Å²) in [6.45, 7) is 6.45. The molecule has 2 aromatic heterocycles. The van der Waals surface area contributed by atoms with Gasteiger partial charge in [-0.05, 0) is 92.1 Å². The molecule has 0 saturated carbocycles.